The number of aliphatic imine (C=N–C) groups is 1. The number of nitrogens with one attached hydrogen (secondary N) is 1. The van der Waals surface area contributed by atoms with Crippen LogP contribution in [0, 0.1) is 5.41 Å². The van der Waals surface area contributed by atoms with Gasteiger partial charge in [0.1, 0.15) is 12.3 Å². The second-order valence-corrected chi connectivity index (χ2v) is 5.59. The van der Waals surface area contributed by atoms with E-state index >= 15 is 0 Å². The van der Waals surface area contributed by atoms with Crippen molar-refractivity contribution < 1.29 is 4.42 Å². The van der Waals surface area contributed by atoms with Gasteiger partial charge in [0.2, 0.25) is 0 Å². The lowest BCUT2D eigenvalue weighted by molar-refractivity contribution is 0.369. The fourth-order valence-corrected chi connectivity index (χ4v) is 2.27. The van der Waals surface area contributed by atoms with Crippen molar-refractivity contribution in [1.29, 1.82) is 0 Å². The van der Waals surface area contributed by atoms with Gasteiger partial charge in [0, 0.05) is 19.6 Å². The van der Waals surface area contributed by atoms with Crippen molar-refractivity contribution in [2.45, 2.75) is 33.7 Å². The molecule has 2 rings (SSSR count). The summed E-state index contributed by atoms with van der Waals surface area (Å²) in [5.74, 6) is 1.91. The minimum Gasteiger partial charge on any atom is -0.467 e. The second-order valence-electron chi connectivity index (χ2n) is 5.59. The first-order valence-corrected chi connectivity index (χ1v) is 6.66. The summed E-state index contributed by atoms with van der Waals surface area (Å²) in [6, 6.07) is 3.86. The summed E-state index contributed by atoms with van der Waals surface area (Å²) in [4.78, 5) is 6.98. The highest BCUT2D eigenvalue weighted by molar-refractivity contribution is 5.80. The first-order chi connectivity index (χ1) is 8.61. The van der Waals surface area contributed by atoms with E-state index in [4.69, 9.17) is 4.42 Å². The van der Waals surface area contributed by atoms with Crippen molar-refractivity contribution in [3.63, 3.8) is 0 Å². The zero-order valence-electron chi connectivity index (χ0n) is 11.6. The van der Waals surface area contributed by atoms with E-state index in [-0.39, 0.29) is 0 Å². The zero-order valence-corrected chi connectivity index (χ0v) is 11.6. The summed E-state index contributed by atoms with van der Waals surface area (Å²) in [5, 5.41) is 3.36. The van der Waals surface area contributed by atoms with E-state index in [1.54, 1.807) is 6.26 Å². The molecule has 1 aromatic heterocycles. The third kappa shape index (κ3) is 3.28. The molecule has 18 heavy (non-hydrogen) atoms. The molecule has 0 saturated carbocycles. The topological polar surface area (TPSA) is 40.8 Å². The highest BCUT2D eigenvalue weighted by atomic mass is 16.3. The molecule has 0 amide bonds. The van der Waals surface area contributed by atoms with E-state index in [2.05, 4.69) is 36.0 Å². The molecule has 0 spiro atoms. The van der Waals surface area contributed by atoms with Crippen LogP contribution in [0.25, 0.3) is 0 Å². The zero-order chi connectivity index (χ0) is 13.0. The van der Waals surface area contributed by atoms with E-state index in [0.29, 0.717) is 12.0 Å². The normalized spacial score (nSPS) is 19.3. The highest BCUT2D eigenvalue weighted by Gasteiger charge is 2.30. The van der Waals surface area contributed by atoms with Crippen LogP contribution in [0.4, 0.5) is 0 Å². The maximum absolute atomic E-state index is 5.31. The third-order valence-corrected chi connectivity index (χ3v) is 3.28. The Kier molecular flexibility index (Phi) is 3.94. The average Bonchev–Trinajstić information content (AvgIpc) is 2.93. The predicted molar refractivity (Wildman–Crippen MR) is 73.5 cm³/mol. The van der Waals surface area contributed by atoms with Crippen LogP contribution in [0.2, 0.25) is 0 Å². The van der Waals surface area contributed by atoms with Gasteiger partial charge in [-0.25, -0.2) is 4.99 Å². The predicted octanol–water partition coefficient (Wildman–Crippen LogP) is 2.48. The standard InChI is InChI=1S/C14H23N3O/c1-4-15-13(16-10-12-6-5-9-18-12)17-8-7-14(2,3)11-17/h5-6,9H,4,7-8,10-11H2,1-3H3,(H,15,16). The summed E-state index contributed by atoms with van der Waals surface area (Å²) in [7, 11) is 0. The van der Waals surface area contributed by atoms with Gasteiger partial charge in [0.05, 0.1) is 6.26 Å². The Hall–Kier alpha value is -1.45. The minimum absolute atomic E-state index is 0.390. The molecule has 1 aromatic rings. The van der Waals surface area contributed by atoms with Gasteiger partial charge in [-0.1, -0.05) is 13.8 Å². The van der Waals surface area contributed by atoms with E-state index in [9.17, 15) is 0 Å². The van der Waals surface area contributed by atoms with E-state index < -0.39 is 0 Å². The smallest absolute Gasteiger partial charge is 0.194 e. The number of rotatable bonds is 3. The van der Waals surface area contributed by atoms with Gasteiger partial charge in [-0.15, -0.1) is 0 Å². The number of nitrogens with zero attached hydrogens (tertiary/aromatic N) is 2. The Morgan fingerprint density at radius 3 is 2.94 bits per heavy atom. The van der Waals surface area contributed by atoms with E-state index in [0.717, 1.165) is 31.4 Å². The molecule has 0 aromatic carbocycles. The van der Waals surface area contributed by atoms with Gasteiger partial charge in [0.15, 0.2) is 5.96 Å². The summed E-state index contributed by atoms with van der Waals surface area (Å²) < 4.78 is 5.31. The van der Waals surface area contributed by atoms with Crippen LogP contribution in [-0.2, 0) is 6.54 Å². The van der Waals surface area contributed by atoms with Crippen LogP contribution >= 0.6 is 0 Å². The Morgan fingerprint density at radius 2 is 2.39 bits per heavy atom. The van der Waals surface area contributed by atoms with Crippen molar-refractivity contribution in [3.8, 4) is 0 Å². The number of furan rings is 1. The van der Waals surface area contributed by atoms with Crippen LogP contribution in [-0.4, -0.2) is 30.5 Å². The molecule has 100 valence electrons. The maximum Gasteiger partial charge on any atom is 0.194 e. The minimum atomic E-state index is 0.390. The molecule has 4 heteroatoms. The Bertz CT molecular complexity index is 395. The van der Waals surface area contributed by atoms with Crippen LogP contribution < -0.4 is 5.32 Å². The fourth-order valence-electron chi connectivity index (χ4n) is 2.27. The molecular formula is C14H23N3O. The lowest BCUT2D eigenvalue weighted by atomic mass is 9.93. The van der Waals surface area contributed by atoms with E-state index in [1.165, 1.54) is 6.42 Å². The molecule has 1 N–H and O–H groups in total. The molecule has 2 heterocycles. The van der Waals surface area contributed by atoms with Crippen LogP contribution in [0.15, 0.2) is 27.8 Å². The largest absolute Gasteiger partial charge is 0.467 e. The number of likely N-dealkylation sites (tertiary alicyclic amines) is 1. The molecule has 1 fully saturated rings. The molecule has 4 nitrogen and oxygen atoms in total. The van der Waals surface area contributed by atoms with Crippen molar-refractivity contribution in [1.82, 2.24) is 10.2 Å². The van der Waals surface area contributed by atoms with Crippen LogP contribution in [0.1, 0.15) is 33.0 Å². The summed E-state index contributed by atoms with van der Waals surface area (Å²) in [6.45, 7) is 10.4. The molecule has 1 aliphatic heterocycles. The first kappa shape index (κ1) is 13.0. The number of hydrogen-bond acceptors (Lipinski definition) is 2. The Labute approximate surface area is 109 Å². The van der Waals surface area contributed by atoms with E-state index in [1.807, 2.05) is 12.1 Å². The van der Waals surface area contributed by atoms with Crippen molar-refractivity contribution >= 4 is 5.96 Å². The fraction of sp³-hybridized carbons (Fsp3) is 0.643. The lowest BCUT2D eigenvalue weighted by Gasteiger charge is -2.23. The first-order valence-electron chi connectivity index (χ1n) is 6.66. The second kappa shape index (κ2) is 5.46. The van der Waals surface area contributed by atoms with Gasteiger partial charge in [0.25, 0.3) is 0 Å². The molecular weight excluding hydrogens is 226 g/mol. The highest BCUT2D eigenvalue weighted by Crippen LogP contribution is 2.28. The van der Waals surface area contributed by atoms with Gasteiger partial charge >= 0.3 is 0 Å². The SMILES string of the molecule is CCNC(=NCc1ccco1)N1CCC(C)(C)C1. The van der Waals surface area contributed by atoms with Crippen molar-refractivity contribution in [2.24, 2.45) is 10.4 Å². The maximum atomic E-state index is 5.31. The molecule has 0 unspecified atom stereocenters. The van der Waals surface area contributed by atoms with Gasteiger partial charge in [-0.3, -0.25) is 0 Å². The molecule has 1 aliphatic rings. The monoisotopic (exact) mass is 249 g/mol. The lowest BCUT2D eigenvalue weighted by Crippen LogP contribution is -2.40. The molecule has 0 atom stereocenters. The van der Waals surface area contributed by atoms with Gasteiger partial charge in [-0.2, -0.15) is 0 Å². The van der Waals surface area contributed by atoms with Crippen LogP contribution in [0.5, 0.6) is 0 Å². The molecule has 0 aliphatic carbocycles. The number of hydrogen-bond donors (Lipinski definition) is 1. The van der Waals surface area contributed by atoms with Crippen LogP contribution in [0.3, 0.4) is 0 Å². The quantitative estimate of drug-likeness (QED) is 0.661. The Balaban J connectivity index is 2.01. The number of guanidine groups is 1. The summed E-state index contributed by atoms with van der Waals surface area (Å²) >= 11 is 0. The summed E-state index contributed by atoms with van der Waals surface area (Å²) in [5.41, 5.74) is 0.390. The average molecular weight is 249 g/mol. The van der Waals surface area contributed by atoms with Gasteiger partial charge < -0.3 is 14.6 Å². The van der Waals surface area contributed by atoms with Crippen molar-refractivity contribution in [2.75, 3.05) is 19.6 Å². The molecule has 1 saturated heterocycles. The van der Waals surface area contributed by atoms with Gasteiger partial charge in [-0.05, 0) is 30.9 Å². The summed E-state index contributed by atoms with van der Waals surface area (Å²) in [6.07, 6.45) is 2.91. The third-order valence-electron chi connectivity index (χ3n) is 3.28. The van der Waals surface area contributed by atoms with Crippen molar-refractivity contribution in [3.05, 3.63) is 24.2 Å². The molecule has 0 radical (unpaired) electrons. The molecule has 0 bridgehead atoms. The Morgan fingerprint density at radius 1 is 1.56 bits per heavy atom.